The summed E-state index contributed by atoms with van der Waals surface area (Å²) in [6.45, 7) is 8.70. The number of halogens is 2. The van der Waals surface area contributed by atoms with Gasteiger partial charge in [0.1, 0.15) is 17.7 Å². The van der Waals surface area contributed by atoms with Gasteiger partial charge in [0, 0.05) is 25.6 Å². The van der Waals surface area contributed by atoms with Crippen molar-refractivity contribution < 1.29 is 23.0 Å². The van der Waals surface area contributed by atoms with Crippen molar-refractivity contribution in [1.29, 1.82) is 0 Å². The molecular weight excluding hydrogens is 518 g/mol. The Bertz CT molecular complexity index is 1280. The summed E-state index contributed by atoms with van der Waals surface area (Å²) in [4.78, 5) is 30.3. The van der Waals surface area contributed by atoms with Crippen molar-refractivity contribution >= 4 is 22.8 Å². The topological polar surface area (TPSA) is 85.6 Å². The average molecular weight is 557 g/mol. The minimum absolute atomic E-state index is 0.0662. The summed E-state index contributed by atoms with van der Waals surface area (Å²) >= 11 is 0. The predicted octanol–water partition coefficient (Wildman–Crippen LogP) is 4.83. The molecule has 0 amide bonds. The Hall–Kier alpha value is -3.18. The van der Waals surface area contributed by atoms with Gasteiger partial charge in [0.2, 0.25) is 11.8 Å². The highest BCUT2D eigenvalue weighted by atomic mass is 19.3. The number of hydrogen-bond donors (Lipinski definition) is 0. The zero-order valence-corrected chi connectivity index (χ0v) is 23.3. The number of para-hydroxylation sites is 2. The number of carbonyl (C=O) groups excluding carboxylic acids is 1. The fourth-order valence-corrected chi connectivity index (χ4v) is 5.62. The molecule has 216 valence electrons. The Morgan fingerprint density at radius 1 is 1.07 bits per heavy atom. The van der Waals surface area contributed by atoms with Crippen LogP contribution in [-0.4, -0.2) is 82.2 Å². The Labute approximate surface area is 233 Å². The molecule has 1 aromatic carbocycles. The number of Topliss-reactive ketones (excluding diaryl/α,β-unsaturated/α-hetero) is 1. The number of ketones is 1. The maximum Gasteiger partial charge on any atom is 0.296 e. The first-order chi connectivity index (χ1) is 19.4. The Balaban J connectivity index is 1.36. The van der Waals surface area contributed by atoms with Gasteiger partial charge in [-0.3, -0.25) is 14.3 Å². The van der Waals surface area contributed by atoms with Crippen molar-refractivity contribution in [1.82, 2.24) is 24.4 Å². The van der Waals surface area contributed by atoms with Crippen LogP contribution in [0, 0.1) is 5.92 Å². The normalized spacial score (nSPS) is 20.0. The predicted molar refractivity (Wildman–Crippen MR) is 148 cm³/mol. The van der Waals surface area contributed by atoms with Crippen LogP contribution in [0.15, 0.2) is 30.3 Å². The van der Waals surface area contributed by atoms with Crippen LogP contribution < -0.4 is 9.64 Å². The van der Waals surface area contributed by atoms with Crippen LogP contribution in [0.25, 0.3) is 16.9 Å². The molecule has 0 spiro atoms. The quantitative estimate of drug-likeness (QED) is 0.332. The van der Waals surface area contributed by atoms with E-state index in [-0.39, 0.29) is 11.9 Å². The van der Waals surface area contributed by atoms with Gasteiger partial charge >= 0.3 is 0 Å². The first kappa shape index (κ1) is 28.4. The van der Waals surface area contributed by atoms with Gasteiger partial charge in [0.15, 0.2) is 5.82 Å². The Morgan fingerprint density at radius 2 is 1.80 bits per heavy atom. The molecule has 1 saturated carbocycles. The largest absolute Gasteiger partial charge is 0.474 e. The number of morpholine rings is 1. The maximum absolute atomic E-state index is 14.1. The minimum atomic E-state index is -2.78. The van der Waals surface area contributed by atoms with Crippen LogP contribution in [0.4, 0.5) is 14.7 Å². The number of nitrogens with zero attached hydrogens (tertiary/aromatic N) is 6. The van der Waals surface area contributed by atoms with E-state index in [1.54, 1.807) is 30.3 Å². The molecule has 3 aromatic rings. The van der Waals surface area contributed by atoms with Gasteiger partial charge in [-0.25, -0.2) is 13.8 Å². The van der Waals surface area contributed by atoms with E-state index >= 15 is 0 Å². The van der Waals surface area contributed by atoms with E-state index in [2.05, 4.69) is 23.7 Å². The number of alkyl halides is 2. The Kier molecular flexibility index (Phi) is 9.21. The van der Waals surface area contributed by atoms with Crippen LogP contribution in [-0.2, 0) is 9.53 Å². The minimum Gasteiger partial charge on any atom is -0.474 e. The lowest BCUT2D eigenvalue weighted by molar-refractivity contribution is -0.121. The first-order valence-corrected chi connectivity index (χ1v) is 14.3. The lowest BCUT2D eigenvalue weighted by Gasteiger charge is -2.30. The molecule has 2 fully saturated rings. The van der Waals surface area contributed by atoms with E-state index in [0.717, 1.165) is 38.8 Å². The fourth-order valence-electron chi connectivity index (χ4n) is 5.62. The molecule has 9 nitrogen and oxygen atoms in total. The van der Waals surface area contributed by atoms with E-state index in [4.69, 9.17) is 19.4 Å². The van der Waals surface area contributed by atoms with E-state index < -0.39 is 6.43 Å². The van der Waals surface area contributed by atoms with Crippen molar-refractivity contribution in [2.75, 3.05) is 50.8 Å². The maximum atomic E-state index is 14.1. The molecule has 1 aliphatic carbocycles. The summed E-state index contributed by atoms with van der Waals surface area (Å²) in [5.74, 6) is 1.36. The van der Waals surface area contributed by atoms with Crippen molar-refractivity contribution in [3.8, 4) is 11.7 Å². The molecule has 1 aliphatic heterocycles. The molecule has 2 aromatic heterocycles. The van der Waals surface area contributed by atoms with Crippen LogP contribution in [0.5, 0.6) is 5.88 Å². The molecule has 0 radical (unpaired) electrons. The standard InChI is InChI=1S/C29H38F2N6O3/c1-3-35(4-2)19-21(38)17-20-9-11-22(12-10-20)40-26-18-25(33-29(34-26)36-13-15-39-16-14-36)37-24-8-6-5-7-23(24)32-28(37)27(30)31/h5-8,18,20,22,27H,3-4,9-17,19H2,1-2H3. The molecule has 3 heterocycles. The number of ether oxygens (including phenoxy) is 2. The van der Waals surface area contributed by atoms with Crippen molar-refractivity contribution in [3.63, 3.8) is 0 Å². The van der Waals surface area contributed by atoms with Gasteiger partial charge < -0.3 is 14.4 Å². The van der Waals surface area contributed by atoms with Crippen molar-refractivity contribution in [2.45, 2.75) is 58.5 Å². The fraction of sp³-hybridized carbons (Fsp3) is 0.586. The SMILES string of the molecule is CCN(CC)CC(=O)CC1CCC(Oc2cc(-n3c(C(F)F)nc4ccccc43)nc(N3CCOCC3)n2)CC1. The second-order valence-corrected chi connectivity index (χ2v) is 10.5. The summed E-state index contributed by atoms with van der Waals surface area (Å²) in [6.07, 6.45) is 1.19. The number of fused-ring (bicyclic) bond motifs is 1. The summed E-state index contributed by atoms with van der Waals surface area (Å²) in [7, 11) is 0. The summed E-state index contributed by atoms with van der Waals surface area (Å²) in [6, 6.07) is 8.67. The van der Waals surface area contributed by atoms with Crippen molar-refractivity contribution in [3.05, 3.63) is 36.2 Å². The van der Waals surface area contributed by atoms with Gasteiger partial charge in [-0.1, -0.05) is 26.0 Å². The molecule has 0 bridgehead atoms. The smallest absolute Gasteiger partial charge is 0.296 e. The van der Waals surface area contributed by atoms with Crippen LogP contribution in [0.1, 0.15) is 58.2 Å². The highest BCUT2D eigenvalue weighted by molar-refractivity contribution is 5.80. The number of aromatic nitrogens is 4. The summed E-state index contributed by atoms with van der Waals surface area (Å²) in [5.41, 5.74) is 1.02. The lowest BCUT2D eigenvalue weighted by Crippen LogP contribution is -2.37. The van der Waals surface area contributed by atoms with E-state index in [1.165, 1.54) is 4.57 Å². The molecule has 0 atom stereocenters. The zero-order valence-electron chi connectivity index (χ0n) is 23.3. The summed E-state index contributed by atoms with van der Waals surface area (Å²) in [5, 5.41) is 0. The van der Waals surface area contributed by atoms with Gasteiger partial charge in [-0.05, 0) is 56.8 Å². The van der Waals surface area contributed by atoms with Crippen LogP contribution >= 0.6 is 0 Å². The van der Waals surface area contributed by atoms with Crippen LogP contribution in [0.3, 0.4) is 0 Å². The van der Waals surface area contributed by atoms with E-state index in [0.29, 0.717) is 79.6 Å². The van der Waals surface area contributed by atoms with Crippen molar-refractivity contribution in [2.24, 2.45) is 5.92 Å². The Morgan fingerprint density at radius 3 is 2.50 bits per heavy atom. The molecule has 0 unspecified atom stereocenters. The molecule has 40 heavy (non-hydrogen) atoms. The molecule has 2 aliphatic rings. The number of benzene rings is 1. The third-order valence-corrected chi connectivity index (χ3v) is 7.87. The third-order valence-electron chi connectivity index (χ3n) is 7.87. The van der Waals surface area contributed by atoms with E-state index in [1.807, 2.05) is 4.90 Å². The highest BCUT2D eigenvalue weighted by Crippen LogP contribution is 2.32. The van der Waals surface area contributed by atoms with Gasteiger partial charge in [0.25, 0.3) is 6.43 Å². The molecule has 11 heteroatoms. The number of carbonyl (C=O) groups is 1. The monoisotopic (exact) mass is 556 g/mol. The molecule has 1 saturated heterocycles. The average Bonchev–Trinajstić information content (AvgIpc) is 3.37. The third kappa shape index (κ3) is 6.58. The van der Waals surface area contributed by atoms with Crippen LogP contribution in [0.2, 0.25) is 0 Å². The lowest BCUT2D eigenvalue weighted by atomic mass is 9.84. The van der Waals surface area contributed by atoms with E-state index in [9.17, 15) is 13.6 Å². The van der Waals surface area contributed by atoms with Gasteiger partial charge in [0.05, 0.1) is 30.8 Å². The number of likely N-dealkylation sites (N-methyl/N-ethyl adjacent to an activating group) is 1. The first-order valence-electron chi connectivity index (χ1n) is 14.3. The number of rotatable bonds is 11. The van der Waals surface area contributed by atoms with Gasteiger partial charge in [-0.15, -0.1) is 0 Å². The molecule has 0 N–H and O–H groups in total. The number of anilines is 1. The number of imidazole rings is 1. The zero-order chi connectivity index (χ0) is 28.1. The molecular formula is C29H38F2N6O3. The highest BCUT2D eigenvalue weighted by Gasteiger charge is 2.27. The summed E-state index contributed by atoms with van der Waals surface area (Å²) < 4.78 is 41.5. The number of hydrogen-bond acceptors (Lipinski definition) is 8. The molecule has 5 rings (SSSR count). The van der Waals surface area contributed by atoms with Gasteiger partial charge in [-0.2, -0.15) is 9.97 Å². The second kappa shape index (κ2) is 13.0. The second-order valence-electron chi connectivity index (χ2n) is 10.5.